The van der Waals surface area contributed by atoms with Crippen molar-refractivity contribution in [3.05, 3.63) is 72.6 Å². The molecule has 1 N–H and O–H groups in total. The van der Waals surface area contributed by atoms with Gasteiger partial charge in [0.2, 0.25) is 11.7 Å². The monoisotopic (exact) mass is 378 g/mol. The van der Waals surface area contributed by atoms with Gasteiger partial charge in [-0.2, -0.15) is 4.98 Å². The van der Waals surface area contributed by atoms with Crippen molar-refractivity contribution in [1.29, 1.82) is 0 Å². The second-order valence-corrected chi connectivity index (χ2v) is 6.21. The van der Waals surface area contributed by atoms with Gasteiger partial charge in [-0.25, -0.2) is 4.79 Å². The van der Waals surface area contributed by atoms with E-state index in [-0.39, 0.29) is 12.6 Å². The third-order valence-corrected chi connectivity index (χ3v) is 4.05. The number of anilines is 1. The van der Waals surface area contributed by atoms with Gasteiger partial charge < -0.3 is 19.5 Å². The van der Waals surface area contributed by atoms with Crippen LogP contribution in [0.5, 0.6) is 5.75 Å². The highest BCUT2D eigenvalue weighted by atomic mass is 16.5. The molecule has 0 saturated heterocycles. The SMILES string of the molecule is C=CCN(Cc1nc(-c2ccc(OC)cc2)no1)C(=O)Nc1cccc(C)c1. The molecular formula is C21H22N4O3. The van der Waals surface area contributed by atoms with Gasteiger partial charge in [0.15, 0.2) is 0 Å². The first-order valence-corrected chi connectivity index (χ1v) is 8.79. The number of nitrogens with zero attached hydrogens (tertiary/aromatic N) is 3. The van der Waals surface area contributed by atoms with Gasteiger partial charge in [0.05, 0.1) is 7.11 Å². The van der Waals surface area contributed by atoms with Crippen molar-refractivity contribution in [1.82, 2.24) is 15.0 Å². The minimum Gasteiger partial charge on any atom is -0.497 e. The number of aryl methyl sites for hydroxylation is 1. The zero-order valence-electron chi connectivity index (χ0n) is 15.9. The van der Waals surface area contributed by atoms with E-state index in [1.54, 1.807) is 18.1 Å². The number of nitrogens with one attached hydrogen (secondary N) is 1. The summed E-state index contributed by atoms with van der Waals surface area (Å²) in [6.07, 6.45) is 1.65. The fourth-order valence-electron chi connectivity index (χ4n) is 2.64. The Morgan fingerprint density at radius 1 is 1.29 bits per heavy atom. The van der Waals surface area contributed by atoms with Crippen molar-refractivity contribution >= 4 is 11.7 Å². The molecule has 1 heterocycles. The molecule has 1 aromatic heterocycles. The maximum absolute atomic E-state index is 12.6. The van der Waals surface area contributed by atoms with E-state index < -0.39 is 0 Å². The lowest BCUT2D eigenvalue weighted by Gasteiger charge is -2.19. The zero-order chi connectivity index (χ0) is 19.9. The van der Waals surface area contributed by atoms with E-state index in [1.807, 2.05) is 55.5 Å². The van der Waals surface area contributed by atoms with Crippen molar-refractivity contribution in [2.75, 3.05) is 19.0 Å². The number of carbonyl (C=O) groups is 1. The lowest BCUT2D eigenvalue weighted by molar-refractivity contribution is 0.206. The molecule has 144 valence electrons. The van der Waals surface area contributed by atoms with E-state index in [9.17, 15) is 4.79 Å². The number of aromatic nitrogens is 2. The van der Waals surface area contributed by atoms with Crippen LogP contribution in [0.15, 0.2) is 65.7 Å². The molecule has 7 heteroatoms. The highest BCUT2D eigenvalue weighted by molar-refractivity contribution is 5.89. The summed E-state index contributed by atoms with van der Waals surface area (Å²) in [4.78, 5) is 18.6. The van der Waals surface area contributed by atoms with Crippen molar-refractivity contribution in [3.8, 4) is 17.1 Å². The lowest BCUT2D eigenvalue weighted by atomic mass is 10.2. The summed E-state index contributed by atoms with van der Waals surface area (Å²) in [5.41, 5.74) is 2.59. The topological polar surface area (TPSA) is 80.5 Å². The second kappa shape index (κ2) is 8.85. The number of hydrogen-bond acceptors (Lipinski definition) is 5. The molecule has 0 spiro atoms. The average Bonchev–Trinajstić information content (AvgIpc) is 3.16. The van der Waals surface area contributed by atoms with Crippen LogP contribution in [-0.4, -0.2) is 34.7 Å². The van der Waals surface area contributed by atoms with E-state index in [2.05, 4.69) is 22.0 Å². The summed E-state index contributed by atoms with van der Waals surface area (Å²) in [7, 11) is 1.61. The molecule has 3 rings (SSSR count). The van der Waals surface area contributed by atoms with E-state index in [0.29, 0.717) is 18.3 Å². The molecule has 0 radical (unpaired) electrons. The maximum Gasteiger partial charge on any atom is 0.322 e. The van der Waals surface area contributed by atoms with Gasteiger partial charge in [-0.1, -0.05) is 23.4 Å². The third-order valence-electron chi connectivity index (χ3n) is 4.05. The first kappa shape index (κ1) is 19.2. The smallest absolute Gasteiger partial charge is 0.322 e. The number of carbonyl (C=O) groups excluding carboxylic acids is 1. The summed E-state index contributed by atoms with van der Waals surface area (Å²) in [6, 6.07) is 14.7. The number of benzene rings is 2. The van der Waals surface area contributed by atoms with Gasteiger partial charge in [-0.3, -0.25) is 0 Å². The summed E-state index contributed by atoms with van der Waals surface area (Å²) in [5.74, 6) is 1.54. The Labute approximate surface area is 163 Å². The molecule has 0 saturated carbocycles. The number of ether oxygens (including phenoxy) is 1. The molecule has 7 nitrogen and oxygen atoms in total. The number of hydrogen-bond donors (Lipinski definition) is 1. The van der Waals surface area contributed by atoms with Gasteiger partial charge >= 0.3 is 6.03 Å². The first-order chi connectivity index (χ1) is 13.6. The van der Waals surface area contributed by atoms with Crippen LogP contribution in [0.2, 0.25) is 0 Å². The average molecular weight is 378 g/mol. The minimum atomic E-state index is -0.269. The largest absolute Gasteiger partial charge is 0.497 e. The van der Waals surface area contributed by atoms with Crippen LogP contribution in [0, 0.1) is 6.92 Å². The Morgan fingerprint density at radius 2 is 2.07 bits per heavy atom. The molecule has 0 atom stereocenters. The predicted octanol–water partition coefficient (Wildman–Crippen LogP) is 4.27. The molecular weight excluding hydrogens is 356 g/mol. The first-order valence-electron chi connectivity index (χ1n) is 8.79. The Kier molecular flexibility index (Phi) is 6.06. The van der Waals surface area contributed by atoms with Crippen LogP contribution in [0.4, 0.5) is 10.5 Å². The molecule has 0 unspecified atom stereocenters. The van der Waals surface area contributed by atoms with Crippen LogP contribution in [0.1, 0.15) is 11.5 Å². The second-order valence-electron chi connectivity index (χ2n) is 6.21. The molecule has 0 aliphatic carbocycles. The molecule has 0 bridgehead atoms. The number of methoxy groups -OCH3 is 1. The van der Waals surface area contributed by atoms with Gasteiger partial charge in [0.1, 0.15) is 12.3 Å². The zero-order valence-corrected chi connectivity index (χ0v) is 15.9. The van der Waals surface area contributed by atoms with E-state index >= 15 is 0 Å². The van der Waals surface area contributed by atoms with Crippen LogP contribution < -0.4 is 10.1 Å². The lowest BCUT2D eigenvalue weighted by Crippen LogP contribution is -2.34. The normalized spacial score (nSPS) is 10.4. The fourth-order valence-corrected chi connectivity index (χ4v) is 2.64. The Balaban J connectivity index is 1.70. The summed E-state index contributed by atoms with van der Waals surface area (Å²) >= 11 is 0. The number of rotatable bonds is 7. The van der Waals surface area contributed by atoms with Gasteiger partial charge in [-0.15, -0.1) is 6.58 Å². The molecule has 28 heavy (non-hydrogen) atoms. The molecule has 2 amide bonds. The Morgan fingerprint density at radius 3 is 2.75 bits per heavy atom. The summed E-state index contributed by atoms with van der Waals surface area (Å²) in [6.45, 7) is 6.20. The van der Waals surface area contributed by atoms with Crippen molar-refractivity contribution < 1.29 is 14.1 Å². The van der Waals surface area contributed by atoms with Crippen LogP contribution in [-0.2, 0) is 6.54 Å². The van der Waals surface area contributed by atoms with Crippen LogP contribution in [0.25, 0.3) is 11.4 Å². The Hall–Kier alpha value is -3.61. The third kappa shape index (κ3) is 4.76. The molecule has 0 fully saturated rings. The summed E-state index contributed by atoms with van der Waals surface area (Å²) in [5, 5.41) is 6.87. The van der Waals surface area contributed by atoms with Crippen LogP contribution >= 0.6 is 0 Å². The van der Waals surface area contributed by atoms with E-state index in [4.69, 9.17) is 9.26 Å². The number of amides is 2. The van der Waals surface area contributed by atoms with Crippen molar-refractivity contribution in [2.24, 2.45) is 0 Å². The molecule has 3 aromatic rings. The van der Waals surface area contributed by atoms with E-state index in [1.165, 1.54) is 0 Å². The molecule has 0 aliphatic heterocycles. The quantitative estimate of drug-likeness (QED) is 0.621. The van der Waals surface area contributed by atoms with Gasteiger partial charge in [0, 0.05) is 17.8 Å². The minimum absolute atomic E-state index is 0.173. The highest BCUT2D eigenvalue weighted by Gasteiger charge is 2.17. The molecule has 2 aromatic carbocycles. The summed E-state index contributed by atoms with van der Waals surface area (Å²) < 4.78 is 10.5. The van der Waals surface area contributed by atoms with Crippen molar-refractivity contribution in [2.45, 2.75) is 13.5 Å². The fraction of sp³-hybridized carbons (Fsp3) is 0.190. The maximum atomic E-state index is 12.6. The standard InChI is InChI=1S/C21H22N4O3/c1-4-12-25(21(26)22-17-7-5-6-15(2)13-17)14-19-23-20(24-28-19)16-8-10-18(27-3)11-9-16/h4-11,13H,1,12,14H2,2-3H3,(H,22,26). The molecule has 0 aliphatic rings. The van der Waals surface area contributed by atoms with Gasteiger partial charge in [-0.05, 0) is 48.9 Å². The van der Waals surface area contributed by atoms with Crippen LogP contribution in [0.3, 0.4) is 0 Å². The van der Waals surface area contributed by atoms with Gasteiger partial charge in [0.25, 0.3) is 0 Å². The number of urea groups is 1. The Bertz CT molecular complexity index is 950. The van der Waals surface area contributed by atoms with Crippen molar-refractivity contribution in [3.63, 3.8) is 0 Å². The predicted molar refractivity (Wildman–Crippen MR) is 107 cm³/mol. The van der Waals surface area contributed by atoms with E-state index in [0.717, 1.165) is 22.6 Å². The highest BCUT2D eigenvalue weighted by Crippen LogP contribution is 2.20.